The molecule has 0 aliphatic carbocycles. The molecule has 0 aliphatic heterocycles. The fourth-order valence-corrected chi connectivity index (χ4v) is 3.19. The Bertz CT molecular complexity index is 861. The van der Waals surface area contributed by atoms with Crippen LogP contribution in [0.15, 0.2) is 48.5 Å². The zero-order valence-corrected chi connectivity index (χ0v) is 14.2. The molecule has 1 aromatic heterocycles. The van der Waals surface area contributed by atoms with Gasteiger partial charge in [-0.25, -0.2) is 4.39 Å². The van der Waals surface area contributed by atoms with E-state index in [0.29, 0.717) is 17.2 Å². The summed E-state index contributed by atoms with van der Waals surface area (Å²) in [6, 6.07) is 13.6. The van der Waals surface area contributed by atoms with Gasteiger partial charge in [0.15, 0.2) is 0 Å². The van der Waals surface area contributed by atoms with Crippen LogP contribution in [0.25, 0.3) is 10.6 Å². The number of aromatic nitrogens is 2. The van der Waals surface area contributed by atoms with Crippen molar-refractivity contribution >= 4 is 22.4 Å². The summed E-state index contributed by atoms with van der Waals surface area (Å²) in [5.74, 6) is -0.724. The molecule has 3 aromatic rings. The molecule has 0 unspecified atom stereocenters. The topological polar surface area (TPSA) is 46.1 Å². The lowest BCUT2D eigenvalue weighted by Gasteiger charge is -2.16. The Hall–Kier alpha value is -2.60. The maximum Gasteiger partial charge on any atom is 0.260 e. The highest BCUT2D eigenvalue weighted by molar-refractivity contribution is 7.18. The molecule has 3 rings (SSSR count). The number of hydrogen-bond donors (Lipinski definition) is 0. The number of carbonyl (C=O) groups is 1. The molecule has 24 heavy (non-hydrogen) atoms. The third-order valence-electron chi connectivity index (χ3n) is 3.58. The van der Waals surface area contributed by atoms with Crippen molar-refractivity contribution in [3.05, 3.63) is 65.5 Å². The number of hydrogen-bond acceptors (Lipinski definition) is 4. The van der Waals surface area contributed by atoms with Gasteiger partial charge >= 0.3 is 0 Å². The van der Waals surface area contributed by atoms with E-state index in [-0.39, 0.29) is 5.91 Å². The number of carbonyl (C=O) groups excluding carboxylic acids is 1. The summed E-state index contributed by atoms with van der Waals surface area (Å²) in [5, 5.41) is 9.56. The third-order valence-corrected chi connectivity index (χ3v) is 4.57. The highest BCUT2D eigenvalue weighted by atomic mass is 32.1. The number of nitrogens with zero attached hydrogens (tertiary/aromatic N) is 3. The smallest absolute Gasteiger partial charge is 0.260 e. The van der Waals surface area contributed by atoms with Crippen molar-refractivity contribution in [3.8, 4) is 10.6 Å². The van der Waals surface area contributed by atoms with Gasteiger partial charge in [0.25, 0.3) is 5.91 Å². The van der Waals surface area contributed by atoms with Crippen LogP contribution in [0.1, 0.15) is 22.8 Å². The van der Waals surface area contributed by atoms with Crippen LogP contribution in [0.5, 0.6) is 0 Å². The van der Waals surface area contributed by atoms with Gasteiger partial charge in [-0.05, 0) is 32.0 Å². The molecule has 0 aliphatic rings. The highest BCUT2D eigenvalue weighted by Crippen LogP contribution is 2.29. The first-order valence-corrected chi connectivity index (χ1v) is 8.38. The fourth-order valence-electron chi connectivity index (χ4n) is 2.28. The van der Waals surface area contributed by atoms with Crippen molar-refractivity contribution in [2.75, 3.05) is 11.4 Å². The van der Waals surface area contributed by atoms with Crippen LogP contribution in [-0.4, -0.2) is 22.6 Å². The molecule has 0 N–H and O–H groups in total. The van der Waals surface area contributed by atoms with Gasteiger partial charge in [-0.3, -0.25) is 9.69 Å². The van der Waals surface area contributed by atoms with Gasteiger partial charge in [0.05, 0.1) is 0 Å². The Morgan fingerprint density at radius 2 is 1.92 bits per heavy atom. The van der Waals surface area contributed by atoms with Crippen LogP contribution >= 0.6 is 11.3 Å². The molecule has 4 nitrogen and oxygen atoms in total. The highest BCUT2D eigenvalue weighted by Gasteiger charge is 2.20. The van der Waals surface area contributed by atoms with Gasteiger partial charge < -0.3 is 0 Å². The van der Waals surface area contributed by atoms with Crippen molar-refractivity contribution in [2.24, 2.45) is 0 Å². The molecule has 0 saturated heterocycles. The normalized spacial score (nSPS) is 10.6. The summed E-state index contributed by atoms with van der Waals surface area (Å²) in [7, 11) is 0. The first-order chi connectivity index (χ1) is 11.6. The second kappa shape index (κ2) is 6.88. The molecule has 1 amide bonds. The average molecular weight is 341 g/mol. The van der Waals surface area contributed by atoms with Crippen molar-refractivity contribution < 1.29 is 9.18 Å². The zero-order chi connectivity index (χ0) is 17.1. The summed E-state index contributed by atoms with van der Waals surface area (Å²) in [4.78, 5) is 14.1. The minimum atomic E-state index is -0.436. The van der Waals surface area contributed by atoms with Crippen LogP contribution in [0.2, 0.25) is 0 Å². The number of rotatable bonds is 4. The van der Waals surface area contributed by atoms with Gasteiger partial charge in [-0.2, -0.15) is 0 Å². The molecule has 0 bridgehead atoms. The molecule has 0 radical (unpaired) electrons. The predicted molar refractivity (Wildman–Crippen MR) is 93.8 cm³/mol. The molecule has 6 heteroatoms. The summed E-state index contributed by atoms with van der Waals surface area (Å²) in [5.41, 5.74) is 2.42. The largest absolute Gasteiger partial charge is 0.283 e. The number of halogens is 1. The van der Waals surface area contributed by atoms with Crippen LogP contribution in [0, 0.1) is 12.7 Å². The van der Waals surface area contributed by atoms with Gasteiger partial charge in [-0.15, -0.1) is 10.2 Å². The number of aryl methyl sites for hydroxylation is 1. The first-order valence-electron chi connectivity index (χ1n) is 7.56. The van der Waals surface area contributed by atoms with E-state index in [1.54, 1.807) is 6.07 Å². The number of anilines is 1. The Balaban J connectivity index is 1.89. The number of benzene rings is 2. The fraction of sp³-hybridized carbons (Fsp3) is 0.167. The lowest BCUT2D eigenvalue weighted by Crippen LogP contribution is -2.30. The Kier molecular flexibility index (Phi) is 4.66. The van der Waals surface area contributed by atoms with E-state index >= 15 is 0 Å². The lowest BCUT2D eigenvalue weighted by molar-refractivity contribution is 0.0987. The molecule has 122 valence electrons. The maximum absolute atomic E-state index is 13.4. The van der Waals surface area contributed by atoms with E-state index in [9.17, 15) is 9.18 Å². The quantitative estimate of drug-likeness (QED) is 0.710. The van der Waals surface area contributed by atoms with E-state index in [1.807, 2.05) is 38.1 Å². The van der Waals surface area contributed by atoms with Crippen LogP contribution < -0.4 is 4.90 Å². The van der Waals surface area contributed by atoms with Gasteiger partial charge in [0.2, 0.25) is 5.13 Å². The Labute approximate surface area is 143 Å². The zero-order valence-electron chi connectivity index (χ0n) is 13.4. The van der Waals surface area contributed by atoms with Crippen molar-refractivity contribution in [2.45, 2.75) is 13.8 Å². The first kappa shape index (κ1) is 16.3. The Morgan fingerprint density at radius 3 is 2.58 bits per heavy atom. The van der Waals surface area contributed by atoms with Crippen molar-refractivity contribution in [3.63, 3.8) is 0 Å². The summed E-state index contributed by atoms with van der Waals surface area (Å²) in [6.45, 7) is 4.30. The van der Waals surface area contributed by atoms with Crippen LogP contribution in [0.4, 0.5) is 9.52 Å². The Morgan fingerprint density at radius 1 is 1.17 bits per heavy atom. The van der Waals surface area contributed by atoms with E-state index in [0.717, 1.165) is 10.6 Å². The van der Waals surface area contributed by atoms with Gasteiger partial charge in [-0.1, -0.05) is 47.2 Å². The summed E-state index contributed by atoms with van der Waals surface area (Å²) < 4.78 is 13.4. The van der Waals surface area contributed by atoms with E-state index in [4.69, 9.17) is 0 Å². The minimum absolute atomic E-state index is 0.288. The molecular weight excluding hydrogens is 325 g/mol. The monoisotopic (exact) mass is 341 g/mol. The molecule has 0 fully saturated rings. The van der Waals surface area contributed by atoms with Crippen LogP contribution in [-0.2, 0) is 0 Å². The summed E-state index contributed by atoms with van der Waals surface area (Å²) in [6.07, 6.45) is 0. The lowest BCUT2D eigenvalue weighted by atomic mass is 10.2. The molecule has 1 heterocycles. The SMILES string of the molecule is CCN(C(=O)c1cccc(F)c1)c1nnc(-c2ccc(C)cc2)s1. The predicted octanol–water partition coefficient (Wildman–Crippen LogP) is 4.32. The third kappa shape index (κ3) is 3.33. The standard InChI is InChI=1S/C18H16FN3OS/c1-3-22(17(23)14-5-4-6-15(19)11-14)18-21-20-16(24-18)13-9-7-12(2)8-10-13/h4-11H,3H2,1-2H3. The van der Waals surface area contributed by atoms with E-state index in [2.05, 4.69) is 10.2 Å². The summed E-state index contributed by atoms with van der Waals surface area (Å²) >= 11 is 1.34. The maximum atomic E-state index is 13.4. The van der Waals surface area contributed by atoms with Crippen LogP contribution in [0.3, 0.4) is 0 Å². The van der Waals surface area contributed by atoms with Gasteiger partial charge in [0.1, 0.15) is 10.8 Å². The average Bonchev–Trinajstić information content (AvgIpc) is 3.06. The van der Waals surface area contributed by atoms with Crippen molar-refractivity contribution in [1.29, 1.82) is 0 Å². The van der Waals surface area contributed by atoms with E-state index < -0.39 is 5.82 Å². The molecule has 0 spiro atoms. The van der Waals surface area contributed by atoms with Crippen molar-refractivity contribution in [1.82, 2.24) is 10.2 Å². The second-order valence-electron chi connectivity index (χ2n) is 5.32. The number of amides is 1. The van der Waals surface area contributed by atoms with E-state index in [1.165, 1.54) is 40.0 Å². The molecule has 2 aromatic carbocycles. The molecular formula is C18H16FN3OS. The van der Waals surface area contributed by atoms with Gasteiger partial charge in [0, 0.05) is 17.7 Å². The molecule has 0 atom stereocenters. The minimum Gasteiger partial charge on any atom is -0.283 e. The molecule has 0 saturated carbocycles. The second-order valence-corrected chi connectivity index (χ2v) is 6.27.